The molecule has 0 saturated carbocycles. The summed E-state index contributed by atoms with van der Waals surface area (Å²) in [5.41, 5.74) is 4.30. The first-order chi connectivity index (χ1) is 15.0. The number of carbonyl (C=O) groups excluding carboxylic acids is 2. The van der Waals surface area contributed by atoms with Crippen LogP contribution in [0.1, 0.15) is 28.4 Å². The van der Waals surface area contributed by atoms with Gasteiger partial charge in [0.25, 0.3) is 5.91 Å². The van der Waals surface area contributed by atoms with Crippen LogP contribution in [-0.4, -0.2) is 33.2 Å². The quantitative estimate of drug-likeness (QED) is 0.449. The Morgan fingerprint density at radius 1 is 1.19 bits per heavy atom. The van der Waals surface area contributed by atoms with Crippen molar-refractivity contribution in [3.63, 3.8) is 0 Å². The van der Waals surface area contributed by atoms with E-state index in [9.17, 15) is 9.59 Å². The molecule has 0 radical (unpaired) electrons. The monoisotopic (exact) mass is 434 g/mol. The van der Waals surface area contributed by atoms with Gasteiger partial charge >= 0.3 is 5.97 Å². The molecule has 0 aliphatic carbocycles. The predicted molar refractivity (Wildman–Crippen MR) is 121 cm³/mol. The maximum absolute atomic E-state index is 12.9. The zero-order valence-electron chi connectivity index (χ0n) is 17.5. The number of hydrogen-bond donors (Lipinski definition) is 1. The Kier molecular flexibility index (Phi) is 5.81. The molecule has 0 fully saturated rings. The Morgan fingerprint density at radius 2 is 2.03 bits per heavy atom. The van der Waals surface area contributed by atoms with Crippen LogP contribution in [-0.2, 0) is 16.1 Å². The Morgan fingerprint density at radius 3 is 2.77 bits per heavy atom. The molecule has 1 N–H and O–H groups in total. The first-order valence-corrected chi connectivity index (χ1v) is 10.8. The Labute approximate surface area is 183 Å². The summed E-state index contributed by atoms with van der Waals surface area (Å²) in [6.45, 7) is 6.06. The van der Waals surface area contributed by atoms with Gasteiger partial charge < -0.3 is 10.1 Å². The van der Waals surface area contributed by atoms with E-state index in [-0.39, 0.29) is 6.61 Å². The van der Waals surface area contributed by atoms with Crippen LogP contribution in [0.5, 0.6) is 0 Å². The van der Waals surface area contributed by atoms with Crippen molar-refractivity contribution in [1.82, 2.24) is 14.8 Å². The number of pyridine rings is 1. The van der Waals surface area contributed by atoms with Gasteiger partial charge in [-0.05, 0) is 55.5 Å². The van der Waals surface area contributed by atoms with E-state index in [4.69, 9.17) is 4.74 Å². The third-order valence-corrected chi connectivity index (χ3v) is 5.80. The summed E-state index contributed by atoms with van der Waals surface area (Å²) in [6.07, 6.45) is 1.61. The van der Waals surface area contributed by atoms with E-state index in [1.807, 2.05) is 56.5 Å². The second-order valence-electron chi connectivity index (χ2n) is 7.17. The van der Waals surface area contributed by atoms with Crippen LogP contribution in [0.2, 0.25) is 0 Å². The zero-order chi connectivity index (χ0) is 22.0. The lowest BCUT2D eigenvalue weighted by molar-refractivity contribution is -0.119. The van der Waals surface area contributed by atoms with Crippen LogP contribution in [0.15, 0.2) is 48.0 Å². The Hall–Kier alpha value is -3.52. The molecule has 158 valence electrons. The van der Waals surface area contributed by atoms with Crippen molar-refractivity contribution in [3.05, 3.63) is 64.7 Å². The molecule has 1 amide bonds. The number of esters is 1. The predicted octanol–water partition coefficient (Wildman–Crippen LogP) is 4.59. The van der Waals surface area contributed by atoms with Crippen LogP contribution in [0.4, 0.5) is 5.69 Å². The van der Waals surface area contributed by atoms with Gasteiger partial charge in [-0.25, -0.2) is 14.5 Å². The number of thiophene rings is 1. The topological polar surface area (TPSA) is 86.1 Å². The summed E-state index contributed by atoms with van der Waals surface area (Å²) in [7, 11) is 0. The Balaban J connectivity index is 1.56. The molecular formula is C23H22N4O3S. The summed E-state index contributed by atoms with van der Waals surface area (Å²) in [4.78, 5) is 30.9. The molecule has 3 heterocycles. The largest absolute Gasteiger partial charge is 0.452 e. The van der Waals surface area contributed by atoms with Crippen molar-refractivity contribution >= 4 is 39.9 Å². The molecule has 0 aliphatic heterocycles. The minimum atomic E-state index is -0.586. The molecule has 0 atom stereocenters. The highest BCUT2D eigenvalue weighted by molar-refractivity contribution is 7.13. The highest BCUT2D eigenvalue weighted by Crippen LogP contribution is 2.28. The SMILES string of the molecule is CCn1ncc2c(C(=O)OCC(=O)Nc3cc(C)ccc3C)cc(-c3cccs3)nc21. The van der Waals surface area contributed by atoms with E-state index in [1.54, 1.807) is 16.9 Å². The number of ether oxygens (including phenoxy) is 1. The molecule has 4 rings (SSSR count). The maximum Gasteiger partial charge on any atom is 0.339 e. The first kappa shape index (κ1) is 20.7. The van der Waals surface area contributed by atoms with Crippen molar-refractivity contribution in [1.29, 1.82) is 0 Å². The van der Waals surface area contributed by atoms with E-state index in [0.29, 0.717) is 34.5 Å². The number of anilines is 1. The van der Waals surface area contributed by atoms with Gasteiger partial charge in [0.05, 0.1) is 27.7 Å². The average molecular weight is 435 g/mol. The van der Waals surface area contributed by atoms with E-state index in [1.165, 1.54) is 11.3 Å². The third kappa shape index (κ3) is 4.34. The number of amides is 1. The average Bonchev–Trinajstić information content (AvgIpc) is 3.43. The molecular weight excluding hydrogens is 412 g/mol. The van der Waals surface area contributed by atoms with Gasteiger partial charge in [-0.15, -0.1) is 11.3 Å². The molecule has 0 bridgehead atoms. The van der Waals surface area contributed by atoms with Gasteiger partial charge in [-0.2, -0.15) is 5.10 Å². The van der Waals surface area contributed by atoms with Crippen molar-refractivity contribution in [3.8, 4) is 10.6 Å². The van der Waals surface area contributed by atoms with Gasteiger partial charge in [0, 0.05) is 12.2 Å². The van der Waals surface area contributed by atoms with E-state index >= 15 is 0 Å². The second-order valence-corrected chi connectivity index (χ2v) is 8.12. The molecule has 0 aliphatic rings. The Bertz CT molecular complexity index is 1260. The summed E-state index contributed by atoms with van der Waals surface area (Å²) in [5, 5.41) is 9.67. The van der Waals surface area contributed by atoms with Crippen LogP contribution in [0, 0.1) is 13.8 Å². The van der Waals surface area contributed by atoms with Gasteiger partial charge in [-0.1, -0.05) is 18.2 Å². The zero-order valence-corrected chi connectivity index (χ0v) is 18.3. The maximum atomic E-state index is 12.9. The summed E-state index contributed by atoms with van der Waals surface area (Å²) in [6, 6.07) is 11.4. The van der Waals surface area contributed by atoms with Crippen LogP contribution < -0.4 is 5.32 Å². The minimum Gasteiger partial charge on any atom is -0.452 e. The molecule has 1 aromatic carbocycles. The van der Waals surface area contributed by atoms with E-state index in [0.717, 1.165) is 16.0 Å². The number of nitrogens with one attached hydrogen (secondary N) is 1. The lowest BCUT2D eigenvalue weighted by atomic mass is 10.1. The number of rotatable bonds is 6. The summed E-state index contributed by atoms with van der Waals surface area (Å²) < 4.78 is 7.08. The molecule has 0 unspecified atom stereocenters. The lowest BCUT2D eigenvalue weighted by Gasteiger charge is -2.10. The first-order valence-electron chi connectivity index (χ1n) is 9.91. The fraction of sp³-hybridized carbons (Fsp3) is 0.217. The molecule has 0 spiro atoms. The van der Waals surface area contributed by atoms with E-state index < -0.39 is 11.9 Å². The molecule has 7 nitrogen and oxygen atoms in total. The van der Waals surface area contributed by atoms with Gasteiger partial charge in [0.15, 0.2) is 12.3 Å². The molecule has 4 aromatic rings. The molecule has 3 aromatic heterocycles. The number of carbonyl (C=O) groups is 2. The smallest absolute Gasteiger partial charge is 0.339 e. The lowest BCUT2D eigenvalue weighted by Crippen LogP contribution is -2.21. The van der Waals surface area contributed by atoms with Gasteiger partial charge in [0.1, 0.15) is 0 Å². The minimum absolute atomic E-state index is 0.340. The summed E-state index contributed by atoms with van der Waals surface area (Å²) in [5.74, 6) is -0.980. The van der Waals surface area contributed by atoms with Crippen LogP contribution >= 0.6 is 11.3 Å². The van der Waals surface area contributed by atoms with Crippen molar-refractivity contribution in [2.75, 3.05) is 11.9 Å². The van der Waals surface area contributed by atoms with Crippen LogP contribution in [0.3, 0.4) is 0 Å². The fourth-order valence-corrected chi connectivity index (χ4v) is 3.95. The number of fused-ring (bicyclic) bond motifs is 1. The number of benzene rings is 1. The normalized spacial score (nSPS) is 10.9. The molecule has 8 heteroatoms. The van der Waals surface area contributed by atoms with Crippen molar-refractivity contribution in [2.45, 2.75) is 27.3 Å². The van der Waals surface area contributed by atoms with E-state index in [2.05, 4.69) is 15.4 Å². The molecule has 31 heavy (non-hydrogen) atoms. The fourth-order valence-electron chi connectivity index (χ4n) is 3.26. The number of aromatic nitrogens is 3. The standard InChI is InChI=1S/C23H22N4O3S/c1-4-27-22-17(12-24-27)16(11-19(26-22)20-6-5-9-31-20)23(29)30-13-21(28)25-18-10-14(2)7-8-15(18)3/h5-12H,4,13H2,1-3H3,(H,25,28). The van der Waals surface area contributed by atoms with Gasteiger partial charge in [-0.3, -0.25) is 4.79 Å². The highest BCUT2D eigenvalue weighted by atomic mass is 32.1. The molecule has 0 saturated heterocycles. The summed E-state index contributed by atoms with van der Waals surface area (Å²) >= 11 is 1.53. The second kappa shape index (κ2) is 8.69. The van der Waals surface area contributed by atoms with Crippen LogP contribution in [0.25, 0.3) is 21.6 Å². The van der Waals surface area contributed by atoms with Gasteiger partial charge in [0.2, 0.25) is 0 Å². The van der Waals surface area contributed by atoms with Crippen molar-refractivity contribution < 1.29 is 14.3 Å². The third-order valence-electron chi connectivity index (χ3n) is 4.90. The number of hydrogen-bond acceptors (Lipinski definition) is 6. The van der Waals surface area contributed by atoms with Crippen molar-refractivity contribution in [2.24, 2.45) is 0 Å². The number of aryl methyl sites for hydroxylation is 3. The number of nitrogens with zero attached hydrogens (tertiary/aromatic N) is 3. The highest BCUT2D eigenvalue weighted by Gasteiger charge is 2.19.